The van der Waals surface area contributed by atoms with Crippen LogP contribution in [0.3, 0.4) is 0 Å². The maximum absolute atomic E-state index is 13.9. The summed E-state index contributed by atoms with van der Waals surface area (Å²) < 4.78 is 5.16. The number of nitrogens with two attached hydrogens (primary N) is 1. The Morgan fingerprint density at radius 2 is 1.86 bits per heavy atom. The van der Waals surface area contributed by atoms with Crippen molar-refractivity contribution in [1.82, 2.24) is 4.90 Å². The molecule has 0 radical (unpaired) electrons. The number of ether oxygens (including phenoxy) is 1. The number of hydrogen-bond acceptors (Lipinski definition) is 10. The molecule has 11 nitrogen and oxygen atoms in total. The summed E-state index contributed by atoms with van der Waals surface area (Å²) in [6.07, 6.45) is 2.57. The van der Waals surface area contributed by atoms with Crippen molar-refractivity contribution in [3.05, 3.63) is 58.7 Å². The van der Waals surface area contributed by atoms with Gasteiger partial charge in [0.05, 0.1) is 24.7 Å². The smallest absolute Gasteiger partial charge is 0.230 e. The number of benzene rings is 2. The van der Waals surface area contributed by atoms with Gasteiger partial charge in [0.15, 0.2) is 34.4 Å². The van der Waals surface area contributed by atoms with E-state index in [0.717, 1.165) is 0 Å². The molecule has 2 saturated carbocycles. The highest BCUT2D eigenvalue weighted by Gasteiger charge is 2.69. The van der Waals surface area contributed by atoms with Crippen LogP contribution in [0, 0.1) is 23.7 Å². The predicted molar refractivity (Wildman–Crippen MR) is 150 cm³/mol. The number of amides is 1. The third-order valence-electron chi connectivity index (χ3n) is 9.15. The van der Waals surface area contributed by atoms with Crippen molar-refractivity contribution in [2.24, 2.45) is 29.4 Å². The van der Waals surface area contributed by atoms with E-state index in [1.165, 1.54) is 13.2 Å². The number of primary amides is 1. The van der Waals surface area contributed by atoms with E-state index in [0.29, 0.717) is 28.9 Å². The van der Waals surface area contributed by atoms with Gasteiger partial charge in [-0.15, -0.1) is 0 Å². The molecule has 0 saturated heterocycles. The number of hydrogen-bond donors (Lipinski definition) is 5. The molecule has 11 heteroatoms. The molecule has 2 aromatic rings. The SMILES string of the molecule is COc1cccc(C/C=C\c2ccc(O)c3c2C[C@@H]2C[C@@H]4[C@@H](N(C)C)C(O)C(C(N)=O)C(=O)[C@]4(O)C(=O)C2C3=O)c1O. The van der Waals surface area contributed by atoms with Gasteiger partial charge in [0.2, 0.25) is 5.91 Å². The maximum atomic E-state index is 13.9. The Morgan fingerprint density at radius 3 is 2.50 bits per heavy atom. The third-order valence-corrected chi connectivity index (χ3v) is 9.15. The second-order valence-corrected chi connectivity index (χ2v) is 11.6. The minimum atomic E-state index is -2.70. The fraction of sp³-hybridized carbons (Fsp3) is 0.419. The number of aliphatic hydroxyl groups excluding tert-OH is 1. The lowest BCUT2D eigenvalue weighted by atomic mass is 9.52. The summed E-state index contributed by atoms with van der Waals surface area (Å²) in [5.41, 5.74) is 4.42. The van der Waals surface area contributed by atoms with Gasteiger partial charge in [-0.3, -0.25) is 19.2 Å². The highest BCUT2D eigenvalue weighted by molar-refractivity contribution is 6.25. The van der Waals surface area contributed by atoms with Crippen LogP contribution < -0.4 is 10.5 Å². The zero-order valence-electron chi connectivity index (χ0n) is 23.5. The normalized spacial score (nSPS) is 30.7. The Labute approximate surface area is 242 Å². The van der Waals surface area contributed by atoms with Crippen LogP contribution in [0.5, 0.6) is 17.2 Å². The fourth-order valence-electron chi connectivity index (χ4n) is 7.21. The summed E-state index contributed by atoms with van der Waals surface area (Å²) in [7, 11) is 4.65. The quantitative estimate of drug-likeness (QED) is 0.304. The summed E-state index contributed by atoms with van der Waals surface area (Å²) in [5, 5.41) is 43.8. The van der Waals surface area contributed by atoms with E-state index in [2.05, 4.69) is 0 Å². The first-order valence-electron chi connectivity index (χ1n) is 13.7. The van der Waals surface area contributed by atoms with Crippen LogP contribution in [-0.4, -0.2) is 87.5 Å². The Morgan fingerprint density at radius 1 is 1.14 bits per heavy atom. The Balaban J connectivity index is 1.53. The number of phenolic OH excluding ortho intramolecular Hbond substituents is 2. The third kappa shape index (κ3) is 4.31. The van der Waals surface area contributed by atoms with Crippen molar-refractivity contribution in [3.63, 3.8) is 0 Å². The van der Waals surface area contributed by atoms with Crippen molar-refractivity contribution >= 4 is 29.3 Å². The predicted octanol–water partition coefficient (Wildman–Crippen LogP) is 0.629. The van der Waals surface area contributed by atoms with E-state index >= 15 is 0 Å². The van der Waals surface area contributed by atoms with Gasteiger partial charge in [-0.2, -0.15) is 0 Å². The molecular weight excluding hydrogens is 544 g/mol. The number of Topliss-reactive ketones (excluding diaryl/α,β-unsaturated/α-hetero) is 3. The van der Waals surface area contributed by atoms with Crippen molar-refractivity contribution in [3.8, 4) is 17.2 Å². The number of aromatic hydroxyl groups is 2. The monoisotopic (exact) mass is 578 g/mol. The molecule has 2 aromatic carbocycles. The van der Waals surface area contributed by atoms with Crippen molar-refractivity contribution in [2.75, 3.05) is 21.2 Å². The van der Waals surface area contributed by atoms with Crippen LogP contribution in [0.2, 0.25) is 0 Å². The molecule has 3 unspecified atom stereocenters. The first-order valence-corrected chi connectivity index (χ1v) is 13.7. The fourth-order valence-corrected chi connectivity index (χ4v) is 7.21. The lowest BCUT2D eigenvalue weighted by Gasteiger charge is -2.54. The summed E-state index contributed by atoms with van der Waals surface area (Å²) in [6, 6.07) is 7.17. The zero-order chi connectivity index (χ0) is 30.7. The molecule has 0 heterocycles. The number of carbonyl (C=O) groups is 4. The van der Waals surface area contributed by atoms with Gasteiger partial charge < -0.3 is 35.8 Å². The number of phenols is 2. The number of ketones is 3. The van der Waals surface area contributed by atoms with Crippen molar-refractivity contribution < 1.29 is 44.3 Å². The van der Waals surface area contributed by atoms with Gasteiger partial charge in [0.25, 0.3) is 0 Å². The molecule has 2 fully saturated rings. The van der Waals surface area contributed by atoms with Crippen molar-refractivity contribution in [2.45, 2.75) is 37.0 Å². The minimum Gasteiger partial charge on any atom is -0.507 e. The number of methoxy groups -OCH3 is 1. The molecule has 3 aliphatic carbocycles. The first kappa shape index (κ1) is 29.4. The molecule has 1 amide bonds. The van der Waals surface area contributed by atoms with Gasteiger partial charge >= 0.3 is 0 Å². The van der Waals surface area contributed by atoms with E-state index in [-0.39, 0.29) is 29.9 Å². The maximum Gasteiger partial charge on any atom is 0.230 e. The summed E-state index contributed by atoms with van der Waals surface area (Å²) in [5.74, 6) is -9.07. The summed E-state index contributed by atoms with van der Waals surface area (Å²) in [6.45, 7) is 0. The second-order valence-electron chi connectivity index (χ2n) is 11.6. The topological polar surface area (TPSA) is 188 Å². The second kappa shape index (κ2) is 10.6. The number of nitrogens with zero attached hydrogens (tertiary/aromatic N) is 1. The van der Waals surface area contributed by atoms with E-state index in [1.807, 2.05) is 0 Å². The lowest BCUT2D eigenvalue weighted by Crippen LogP contribution is -2.75. The number of allylic oxidation sites excluding steroid dienone is 1. The lowest BCUT2D eigenvalue weighted by molar-refractivity contribution is -0.190. The largest absolute Gasteiger partial charge is 0.507 e. The van der Waals surface area contributed by atoms with Gasteiger partial charge in [0.1, 0.15) is 11.7 Å². The van der Waals surface area contributed by atoms with Crippen molar-refractivity contribution in [1.29, 1.82) is 0 Å². The number of fused-ring (bicyclic) bond motifs is 3. The molecule has 7 atom stereocenters. The van der Waals surface area contributed by atoms with E-state index < -0.39 is 64.7 Å². The van der Waals surface area contributed by atoms with Crippen LogP contribution in [0.25, 0.3) is 6.08 Å². The molecule has 5 rings (SSSR count). The Kier molecular flexibility index (Phi) is 7.46. The Bertz CT molecular complexity index is 1520. The van der Waals surface area contributed by atoms with Gasteiger partial charge in [-0.05, 0) is 62.5 Å². The number of aliphatic hydroxyl groups is 2. The van der Waals surface area contributed by atoms with E-state index in [4.69, 9.17) is 10.5 Å². The van der Waals surface area contributed by atoms with Crippen LogP contribution in [-0.2, 0) is 27.2 Å². The molecular formula is C31H34N2O9. The van der Waals surface area contributed by atoms with Crippen LogP contribution >= 0.6 is 0 Å². The molecule has 6 N–H and O–H groups in total. The molecule has 3 aliphatic rings. The number of para-hydroxylation sites is 1. The van der Waals surface area contributed by atoms with Crippen LogP contribution in [0.4, 0.5) is 0 Å². The van der Waals surface area contributed by atoms with E-state index in [9.17, 15) is 39.6 Å². The molecule has 0 aliphatic heterocycles. The first-order chi connectivity index (χ1) is 19.8. The highest BCUT2D eigenvalue weighted by atomic mass is 16.5. The molecule has 0 spiro atoms. The summed E-state index contributed by atoms with van der Waals surface area (Å²) >= 11 is 0. The average molecular weight is 579 g/mol. The number of rotatable bonds is 6. The summed E-state index contributed by atoms with van der Waals surface area (Å²) in [4.78, 5) is 54.9. The standard InChI is InChI=1S/C31H34N2O9/c1-33(2)24-18-13-16-12-17-14(6-4-7-15-8-5-9-20(42-3)25(15)35)10-11-19(34)22(17)26(36)21(16)28(38)31(18,41)29(39)23(27(24)37)30(32)40/h4-6,8-11,16,18,21,23-24,27,34-35,37,41H,7,12-13H2,1-3H3,(H2,32,40)/b6-4-/t16-,18-,21?,23?,24-,27?,31-/m1/s1. The van der Waals surface area contributed by atoms with Gasteiger partial charge in [-0.1, -0.05) is 30.4 Å². The Hall–Kier alpha value is -4.06. The minimum absolute atomic E-state index is 0.0156. The van der Waals surface area contributed by atoms with Crippen LogP contribution in [0.15, 0.2) is 36.4 Å². The van der Waals surface area contributed by atoms with Crippen LogP contribution in [0.1, 0.15) is 33.5 Å². The van der Waals surface area contributed by atoms with Gasteiger partial charge in [-0.25, -0.2) is 0 Å². The molecule has 0 aromatic heterocycles. The zero-order valence-corrected chi connectivity index (χ0v) is 23.5. The van der Waals surface area contributed by atoms with E-state index in [1.54, 1.807) is 55.4 Å². The number of likely N-dealkylation sites (N-methyl/N-ethyl adjacent to an activating group) is 1. The highest BCUT2D eigenvalue weighted by Crippen LogP contribution is 2.51. The van der Waals surface area contributed by atoms with Gasteiger partial charge in [0, 0.05) is 17.5 Å². The number of carbonyl (C=O) groups excluding carboxylic acids is 4. The molecule has 0 bridgehead atoms. The molecule has 222 valence electrons. The average Bonchev–Trinajstić information content (AvgIpc) is 2.92. The molecule has 42 heavy (non-hydrogen) atoms.